The molecule has 2 aliphatic rings. The van der Waals surface area contributed by atoms with E-state index in [1.807, 2.05) is 0 Å². The fraction of sp³-hybridized carbons (Fsp3) is 0.784. The number of carbonyl (C=O) groups is 2. The Hall–Kier alpha value is -2.80. The van der Waals surface area contributed by atoms with Gasteiger partial charge in [-0.05, 0) is 77.6 Å². The number of nitrogens with two attached hydrogens (primary N) is 1. The topological polar surface area (TPSA) is 180 Å². The van der Waals surface area contributed by atoms with Crippen LogP contribution in [0.1, 0.15) is 220 Å². The molecule has 2 rings (SSSR count). The summed E-state index contributed by atoms with van der Waals surface area (Å²) in [6.45, 7) is 8.93. The zero-order valence-electron chi connectivity index (χ0n) is 40.4. The van der Waals surface area contributed by atoms with Crippen LogP contribution in [0, 0.1) is 5.41 Å². The van der Waals surface area contributed by atoms with E-state index in [1.54, 1.807) is 0 Å². The van der Waals surface area contributed by atoms with Crippen molar-refractivity contribution < 1.29 is 37.0 Å². The van der Waals surface area contributed by atoms with Gasteiger partial charge in [0.15, 0.2) is 0 Å². The highest BCUT2D eigenvalue weighted by atomic mass is 32.3. The number of hydrogen-bond donors (Lipinski definition) is 4. The summed E-state index contributed by atoms with van der Waals surface area (Å²) in [7, 11) is -3.29. The predicted octanol–water partition coefficient (Wildman–Crippen LogP) is 13.4. The molecule has 0 aromatic heterocycles. The standard InChI is InChI=1S/C41H79N3.C9H10O4.CH4O4S/c1-3-5-7-9-11-13-15-17-19-21-23-25-27-29-31-33-35-40-39-44(38-37-42)41(43-40)36-34-32-30-28-26-24-22-20-18-16-14-12-10-8-6-4-2;1-9(8(12)13)4-2-3-6(5-9)7(10)11;1-5-6(2,3)4/h17-20,40H,3-16,21-39,42H2,1-2H3;2-4H,5H2,1H3,(H,10,11)(H,12,13);1H3,(H,2,3,4)/b19-17-,20-18-;;. The van der Waals surface area contributed by atoms with Gasteiger partial charge < -0.3 is 20.8 Å². The van der Waals surface area contributed by atoms with E-state index in [0.29, 0.717) is 6.04 Å². The second-order valence-corrected chi connectivity index (χ2v) is 18.9. The molecule has 63 heavy (non-hydrogen) atoms. The van der Waals surface area contributed by atoms with Gasteiger partial charge in [0, 0.05) is 31.6 Å². The third-order valence-corrected chi connectivity index (χ3v) is 12.2. The van der Waals surface area contributed by atoms with E-state index < -0.39 is 27.8 Å². The van der Waals surface area contributed by atoms with Crippen molar-refractivity contribution >= 4 is 28.2 Å². The largest absolute Gasteiger partial charge is 0.481 e. The van der Waals surface area contributed by atoms with Crippen molar-refractivity contribution in [1.29, 1.82) is 0 Å². The summed E-state index contributed by atoms with van der Waals surface area (Å²) < 4.78 is 29.7. The summed E-state index contributed by atoms with van der Waals surface area (Å²) in [6.07, 6.45) is 55.0. The maximum absolute atomic E-state index is 10.8. The zero-order chi connectivity index (χ0) is 46.9. The number of hydrogen-bond acceptors (Lipinski definition) is 8. The van der Waals surface area contributed by atoms with Crippen molar-refractivity contribution in [2.75, 3.05) is 26.7 Å². The molecule has 0 bridgehead atoms. The third-order valence-electron chi connectivity index (χ3n) is 11.8. The Balaban J connectivity index is 0.00000165. The Morgan fingerprint density at radius 1 is 0.746 bits per heavy atom. The summed E-state index contributed by atoms with van der Waals surface area (Å²) in [5, 5.41) is 17.5. The van der Waals surface area contributed by atoms with Crippen LogP contribution in [0.3, 0.4) is 0 Å². The van der Waals surface area contributed by atoms with Crippen molar-refractivity contribution in [3.63, 3.8) is 0 Å². The van der Waals surface area contributed by atoms with Gasteiger partial charge in [0.25, 0.3) is 0 Å². The van der Waals surface area contributed by atoms with Crippen LogP contribution < -0.4 is 5.73 Å². The van der Waals surface area contributed by atoms with E-state index >= 15 is 0 Å². The number of nitrogens with zero attached hydrogens (tertiary/aromatic N) is 2. The Morgan fingerprint density at radius 2 is 1.16 bits per heavy atom. The molecule has 0 saturated heterocycles. The highest BCUT2D eigenvalue weighted by Gasteiger charge is 2.34. The molecule has 12 heteroatoms. The second kappa shape index (κ2) is 40.7. The SMILES string of the molecule is CC1(C(=O)O)C=CC=C(C(=O)O)C1.CCCCCCCC/C=C\CCCCCCCCC1=NC(CCCCCCCC/C=C\CCCCCCCC)CN1CCN.COS(=O)(=O)O. The van der Waals surface area contributed by atoms with Crippen LogP contribution in [0.4, 0.5) is 0 Å². The van der Waals surface area contributed by atoms with Crippen molar-refractivity contribution in [2.24, 2.45) is 16.1 Å². The minimum Gasteiger partial charge on any atom is -0.481 e. The second-order valence-electron chi connectivity index (χ2n) is 17.7. The molecular formula is C51H93N3O8S. The summed E-state index contributed by atoms with van der Waals surface area (Å²) in [6, 6.07) is 0.516. The van der Waals surface area contributed by atoms with Crippen molar-refractivity contribution in [1.82, 2.24) is 4.90 Å². The quantitative estimate of drug-likeness (QED) is 0.0266. The van der Waals surface area contributed by atoms with Gasteiger partial charge in [-0.3, -0.25) is 18.5 Å². The number of aliphatic carboxylic acids is 2. The first-order valence-electron chi connectivity index (χ1n) is 25.0. The van der Waals surface area contributed by atoms with Gasteiger partial charge in [0.05, 0.1) is 24.4 Å². The lowest BCUT2D eigenvalue weighted by Gasteiger charge is -2.23. The lowest BCUT2D eigenvalue weighted by molar-refractivity contribution is -0.145. The van der Waals surface area contributed by atoms with Gasteiger partial charge >= 0.3 is 22.3 Å². The monoisotopic (exact) mass is 908 g/mol. The molecule has 2 atom stereocenters. The van der Waals surface area contributed by atoms with E-state index in [9.17, 15) is 18.0 Å². The Morgan fingerprint density at radius 3 is 1.56 bits per heavy atom. The molecule has 5 N–H and O–H groups in total. The Kier molecular flexibility index (Phi) is 38.9. The van der Waals surface area contributed by atoms with Gasteiger partial charge in [-0.2, -0.15) is 8.42 Å². The van der Waals surface area contributed by atoms with Gasteiger partial charge in [-0.15, -0.1) is 0 Å². The first-order chi connectivity index (χ1) is 30.3. The minimum atomic E-state index is -4.16. The number of carboxylic acid groups (broad SMARTS) is 2. The normalized spacial score (nSPS) is 17.4. The molecule has 1 aliphatic heterocycles. The van der Waals surface area contributed by atoms with Gasteiger partial charge in [-0.1, -0.05) is 178 Å². The molecule has 0 radical (unpaired) electrons. The van der Waals surface area contributed by atoms with E-state index in [1.165, 1.54) is 217 Å². The summed E-state index contributed by atoms with van der Waals surface area (Å²) in [5.74, 6) is -0.701. The number of aliphatic imine (C=N–C) groups is 1. The molecular weight excluding hydrogens is 815 g/mol. The molecule has 1 heterocycles. The zero-order valence-corrected chi connectivity index (χ0v) is 41.2. The number of rotatable bonds is 37. The lowest BCUT2D eigenvalue weighted by Crippen LogP contribution is -2.34. The average molecular weight is 908 g/mol. The molecule has 0 spiro atoms. The van der Waals surface area contributed by atoms with E-state index in [-0.39, 0.29) is 12.0 Å². The molecule has 2 unspecified atom stereocenters. The van der Waals surface area contributed by atoms with Crippen LogP contribution in [0.2, 0.25) is 0 Å². The smallest absolute Gasteiger partial charge is 0.397 e. The highest BCUT2D eigenvalue weighted by Crippen LogP contribution is 2.31. The van der Waals surface area contributed by atoms with Gasteiger partial charge in [-0.25, -0.2) is 4.79 Å². The molecule has 1 aliphatic carbocycles. The maximum Gasteiger partial charge on any atom is 0.397 e. The Bertz CT molecular complexity index is 1410. The summed E-state index contributed by atoms with van der Waals surface area (Å²) in [4.78, 5) is 29.0. The van der Waals surface area contributed by atoms with Crippen LogP contribution >= 0.6 is 0 Å². The highest BCUT2D eigenvalue weighted by molar-refractivity contribution is 7.80. The average Bonchev–Trinajstić information content (AvgIpc) is 3.64. The third kappa shape index (κ3) is 36.1. The molecule has 0 amide bonds. The van der Waals surface area contributed by atoms with Crippen LogP contribution in [0.5, 0.6) is 0 Å². The molecule has 366 valence electrons. The fourth-order valence-electron chi connectivity index (χ4n) is 7.79. The summed E-state index contributed by atoms with van der Waals surface area (Å²) >= 11 is 0. The van der Waals surface area contributed by atoms with E-state index in [0.717, 1.165) is 33.2 Å². The van der Waals surface area contributed by atoms with E-state index in [4.69, 9.17) is 25.5 Å². The van der Waals surface area contributed by atoms with Crippen molar-refractivity contribution in [2.45, 2.75) is 226 Å². The number of carboxylic acids is 2. The van der Waals surface area contributed by atoms with Crippen molar-refractivity contribution in [3.8, 4) is 0 Å². The first-order valence-corrected chi connectivity index (χ1v) is 26.4. The van der Waals surface area contributed by atoms with E-state index in [2.05, 4.69) is 47.2 Å². The number of amidine groups is 1. The number of allylic oxidation sites excluding steroid dienone is 6. The van der Waals surface area contributed by atoms with Crippen LogP contribution in [-0.4, -0.2) is 78.6 Å². The first kappa shape index (κ1) is 60.2. The van der Waals surface area contributed by atoms with Gasteiger partial charge in [0.1, 0.15) is 0 Å². The number of unbranched alkanes of at least 4 members (excludes halogenated alkanes) is 24. The molecule has 0 aromatic rings. The molecule has 11 nitrogen and oxygen atoms in total. The predicted molar refractivity (Wildman–Crippen MR) is 264 cm³/mol. The lowest BCUT2D eigenvalue weighted by atomic mass is 9.80. The fourth-order valence-corrected chi connectivity index (χ4v) is 7.79. The van der Waals surface area contributed by atoms with Gasteiger partial charge in [0.2, 0.25) is 0 Å². The van der Waals surface area contributed by atoms with Crippen molar-refractivity contribution in [3.05, 3.63) is 48.1 Å². The van der Waals surface area contributed by atoms with Crippen LogP contribution in [0.25, 0.3) is 0 Å². The molecule has 0 aromatic carbocycles. The molecule has 0 fully saturated rings. The van der Waals surface area contributed by atoms with Crippen LogP contribution in [-0.2, 0) is 24.2 Å². The maximum atomic E-state index is 10.8. The van der Waals surface area contributed by atoms with Crippen LogP contribution in [0.15, 0.2) is 53.1 Å². The summed E-state index contributed by atoms with van der Waals surface area (Å²) in [5.41, 5.74) is 4.99. The minimum absolute atomic E-state index is 0.0359. The molecule has 0 saturated carbocycles. The Labute approximate surface area is 385 Å².